The Morgan fingerprint density at radius 3 is 2.63 bits per heavy atom. The molecule has 0 bridgehead atoms. The van der Waals surface area contributed by atoms with Crippen molar-refractivity contribution >= 4 is 17.8 Å². The van der Waals surface area contributed by atoms with E-state index in [4.69, 9.17) is 14.2 Å². The molecule has 0 radical (unpaired) electrons. The van der Waals surface area contributed by atoms with Gasteiger partial charge >= 0.3 is 5.97 Å². The molecule has 0 N–H and O–H groups in total. The molecule has 1 saturated carbocycles. The minimum absolute atomic E-state index is 0.0421. The van der Waals surface area contributed by atoms with Gasteiger partial charge in [0.05, 0.1) is 18.1 Å². The van der Waals surface area contributed by atoms with Gasteiger partial charge in [-0.15, -0.1) is 0 Å². The number of hydrogen-bond acceptors (Lipinski definition) is 5. The van der Waals surface area contributed by atoms with E-state index in [1.54, 1.807) is 18.2 Å². The normalized spacial score (nSPS) is 17.5. The van der Waals surface area contributed by atoms with E-state index in [1.807, 2.05) is 38.1 Å². The number of ketones is 1. The third-order valence-corrected chi connectivity index (χ3v) is 5.69. The minimum atomic E-state index is -0.191. The lowest BCUT2D eigenvalue weighted by molar-refractivity contribution is -0.140. The Morgan fingerprint density at radius 1 is 1.10 bits per heavy atom. The number of hydrogen-bond donors (Lipinski definition) is 0. The molecule has 0 aromatic heterocycles. The SMILES string of the molecule is CCOc1ccccc1/C=C1\Oc2c(ccc(OC(=O)C3CCCCC3)c2C)C1=O. The second-order valence-electron chi connectivity index (χ2n) is 7.73. The van der Waals surface area contributed by atoms with E-state index in [1.165, 1.54) is 6.42 Å². The number of carbonyl (C=O) groups excluding carboxylic acids is 2. The summed E-state index contributed by atoms with van der Waals surface area (Å²) in [6.07, 6.45) is 6.77. The molecule has 2 aliphatic rings. The average Bonchev–Trinajstić information content (AvgIpc) is 3.08. The van der Waals surface area contributed by atoms with Crippen LogP contribution in [0.3, 0.4) is 0 Å². The molecule has 5 heteroatoms. The lowest BCUT2D eigenvalue weighted by Crippen LogP contribution is -2.23. The fourth-order valence-electron chi connectivity index (χ4n) is 4.04. The van der Waals surface area contributed by atoms with Crippen LogP contribution in [0.15, 0.2) is 42.2 Å². The molecule has 1 fully saturated rings. The maximum Gasteiger partial charge on any atom is 0.314 e. The third kappa shape index (κ3) is 3.97. The predicted molar refractivity (Wildman–Crippen MR) is 114 cm³/mol. The Balaban J connectivity index is 1.58. The van der Waals surface area contributed by atoms with E-state index in [0.717, 1.165) is 31.2 Å². The van der Waals surface area contributed by atoms with Crippen LogP contribution in [-0.2, 0) is 4.79 Å². The molecule has 2 aromatic carbocycles. The van der Waals surface area contributed by atoms with Crippen LogP contribution in [0.5, 0.6) is 17.2 Å². The first kappa shape index (κ1) is 20.2. The highest BCUT2D eigenvalue weighted by Gasteiger charge is 2.31. The molecule has 1 heterocycles. The highest BCUT2D eigenvalue weighted by atomic mass is 16.5. The Morgan fingerprint density at radius 2 is 1.87 bits per heavy atom. The number of carbonyl (C=O) groups is 2. The summed E-state index contributed by atoms with van der Waals surface area (Å²) in [7, 11) is 0. The summed E-state index contributed by atoms with van der Waals surface area (Å²) in [6.45, 7) is 4.26. The zero-order valence-electron chi connectivity index (χ0n) is 17.4. The van der Waals surface area contributed by atoms with Gasteiger partial charge in [-0.2, -0.15) is 0 Å². The molecule has 2 aromatic rings. The van der Waals surface area contributed by atoms with Crippen LogP contribution in [0, 0.1) is 12.8 Å². The van der Waals surface area contributed by atoms with Crippen LogP contribution >= 0.6 is 0 Å². The summed E-state index contributed by atoms with van der Waals surface area (Å²) >= 11 is 0. The minimum Gasteiger partial charge on any atom is -0.493 e. The van der Waals surface area contributed by atoms with Crippen LogP contribution in [0.2, 0.25) is 0 Å². The van der Waals surface area contributed by atoms with Crippen LogP contribution in [0.1, 0.15) is 60.5 Å². The number of benzene rings is 2. The molecular weight excluding hydrogens is 380 g/mol. The van der Waals surface area contributed by atoms with Crippen molar-refractivity contribution in [2.24, 2.45) is 5.92 Å². The standard InChI is InChI=1S/C25H26O5/c1-3-28-21-12-8-7-11-18(21)15-22-23(26)19-13-14-20(16(2)24(19)29-22)30-25(27)17-9-5-4-6-10-17/h7-8,11-15,17H,3-6,9-10H2,1-2H3/b22-15-. The summed E-state index contributed by atoms with van der Waals surface area (Å²) in [6, 6.07) is 10.9. The van der Waals surface area contributed by atoms with E-state index in [2.05, 4.69) is 0 Å². The maximum atomic E-state index is 12.9. The molecule has 30 heavy (non-hydrogen) atoms. The quantitative estimate of drug-likeness (QED) is 0.373. The Hall–Kier alpha value is -3.08. The average molecular weight is 406 g/mol. The van der Waals surface area contributed by atoms with Crippen molar-refractivity contribution in [2.75, 3.05) is 6.61 Å². The molecule has 5 nitrogen and oxygen atoms in total. The van der Waals surface area contributed by atoms with Crippen molar-refractivity contribution in [3.63, 3.8) is 0 Å². The number of allylic oxidation sites excluding steroid dienone is 1. The first-order valence-electron chi connectivity index (χ1n) is 10.6. The van der Waals surface area contributed by atoms with Gasteiger partial charge in [0, 0.05) is 11.1 Å². The molecule has 0 amide bonds. The highest BCUT2D eigenvalue weighted by molar-refractivity contribution is 6.15. The summed E-state index contributed by atoms with van der Waals surface area (Å²) in [5, 5.41) is 0. The van der Waals surface area contributed by atoms with Gasteiger partial charge in [0.2, 0.25) is 5.78 Å². The summed E-state index contributed by atoms with van der Waals surface area (Å²) in [5.74, 6) is 1.41. The lowest BCUT2D eigenvalue weighted by atomic mass is 9.89. The summed E-state index contributed by atoms with van der Waals surface area (Å²) in [4.78, 5) is 25.4. The molecule has 0 unspecified atom stereocenters. The van der Waals surface area contributed by atoms with Gasteiger partial charge in [0.25, 0.3) is 0 Å². The molecule has 0 saturated heterocycles. The molecule has 0 atom stereocenters. The van der Waals surface area contributed by atoms with Gasteiger partial charge < -0.3 is 14.2 Å². The number of para-hydroxylation sites is 1. The number of esters is 1. The fourth-order valence-corrected chi connectivity index (χ4v) is 4.04. The fraction of sp³-hybridized carbons (Fsp3) is 0.360. The molecule has 1 aliphatic heterocycles. The smallest absolute Gasteiger partial charge is 0.314 e. The number of fused-ring (bicyclic) bond motifs is 1. The molecular formula is C25H26O5. The van der Waals surface area contributed by atoms with Gasteiger partial charge in [0.15, 0.2) is 5.76 Å². The largest absolute Gasteiger partial charge is 0.493 e. The van der Waals surface area contributed by atoms with Crippen LogP contribution in [0.25, 0.3) is 6.08 Å². The van der Waals surface area contributed by atoms with Crippen LogP contribution in [0.4, 0.5) is 0 Å². The van der Waals surface area contributed by atoms with Crippen molar-refractivity contribution in [3.05, 3.63) is 58.8 Å². The van der Waals surface area contributed by atoms with Crippen molar-refractivity contribution in [2.45, 2.75) is 46.0 Å². The second-order valence-corrected chi connectivity index (χ2v) is 7.73. The first-order chi connectivity index (χ1) is 14.6. The Kier molecular flexibility index (Phi) is 5.88. The van der Waals surface area contributed by atoms with E-state index < -0.39 is 0 Å². The molecule has 1 aliphatic carbocycles. The van der Waals surface area contributed by atoms with Gasteiger partial charge in [-0.1, -0.05) is 37.5 Å². The summed E-state index contributed by atoms with van der Waals surface area (Å²) < 4.78 is 17.2. The number of rotatable bonds is 5. The van der Waals surface area contributed by atoms with E-state index in [9.17, 15) is 9.59 Å². The van der Waals surface area contributed by atoms with Crippen molar-refractivity contribution in [3.8, 4) is 17.2 Å². The number of Topliss-reactive ketones (excluding diaryl/α,β-unsaturated/α-hetero) is 1. The zero-order valence-corrected chi connectivity index (χ0v) is 17.4. The summed E-state index contributed by atoms with van der Waals surface area (Å²) in [5.41, 5.74) is 1.91. The van der Waals surface area contributed by atoms with Crippen molar-refractivity contribution < 1.29 is 23.8 Å². The second kappa shape index (κ2) is 8.74. The van der Waals surface area contributed by atoms with Crippen LogP contribution in [-0.4, -0.2) is 18.4 Å². The topological polar surface area (TPSA) is 61.8 Å². The maximum absolute atomic E-state index is 12.9. The van der Waals surface area contributed by atoms with Crippen molar-refractivity contribution in [1.82, 2.24) is 0 Å². The van der Waals surface area contributed by atoms with Crippen LogP contribution < -0.4 is 14.2 Å². The Bertz CT molecular complexity index is 999. The van der Waals surface area contributed by atoms with Gasteiger partial charge in [-0.05, 0) is 51.0 Å². The molecule has 156 valence electrons. The molecule has 4 rings (SSSR count). The highest BCUT2D eigenvalue weighted by Crippen LogP contribution is 2.40. The van der Waals surface area contributed by atoms with E-state index >= 15 is 0 Å². The van der Waals surface area contributed by atoms with Crippen molar-refractivity contribution in [1.29, 1.82) is 0 Å². The predicted octanol–water partition coefficient (Wildman–Crippen LogP) is 5.50. The van der Waals surface area contributed by atoms with E-state index in [-0.39, 0.29) is 23.4 Å². The third-order valence-electron chi connectivity index (χ3n) is 5.69. The van der Waals surface area contributed by atoms with Gasteiger partial charge in [-0.25, -0.2) is 0 Å². The number of ether oxygens (including phenoxy) is 3. The van der Waals surface area contributed by atoms with Gasteiger partial charge in [-0.3, -0.25) is 9.59 Å². The molecule has 0 spiro atoms. The van der Waals surface area contributed by atoms with Gasteiger partial charge in [0.1, 0.15) is 17.2 Å². The monoisotopic (exact) mass is 406 g/mol. The van der Waals surface area contributed by atoms with E-state index in [0.29, 0.717) is 35.0 Å². The Labute approximate surface area is 176 Å². The lowest BCUT2D eigenvalue weighted by Gasteiger charge is -2.20. The first-order valence-corrected chi connectivity index (χ1v) is 10.6. The zero-order chi connectivity index (χ0) is 21.1.